The zero-order valence-electron chi connectivity index (χ0n) is 16.7. The van der Waals surface area contributed by atoms with Crippen LogP contribution in [0.4, 0.5) is 0 Å². The first-order chi connectivity index (χ1) is 14.7. The average molecular weight is 387 g/mol. The van der Waals surface area contributed by atoms with Crippen molar-refractivity contribution in [1.29, 1.82) is 10.5 Å². The third-order valence-electron chi connectivity index (χ3n) is 6.63. The normalized spacial score (nSPS) is 20.8. The molecule has 2 aliphatic carbocycles. The van der Waals surface area contributed by atoms with Gasteiger partial charge in [-0.3, -0.25) is 0 Å². The van der Waals surface area contributed by atoms with E-state index in [0.29, 0.717) is 5.56 Å². The molecule has 0 saturated carbocycles. The number of aryl methyl sites for hydroxylation is 1. The SMILES string of the molecule is N#CN=C1c2cc(-c3cccc(C#N)c3)ccc2CC12CCCc1ccccc1C2. The van der Waals surface area contributed by atoms with Gasteiger partial charge in [0, 0.05) is 11.0 Å². The Balaban J connectivity index is 1.61. The van der Waals surface area contributed by atoms with E-state index < -0.39 is 0 Å². The number of fused-ring (bicyclic) bond motifs is 2. The van der Waals surface area contributed by atoms with E-state index in [-0.39, 0.29) is 5.41 Å². The van der Waals surface area contributed by atoms with Crippen LogP contribution in [-0.2, 0) is 19.3 Å². The summed E-state index contributed by atoms with van der Waals surface area (Å²) in [5, 5.41) is 18.8. The molecule has 0 aromatic heterocycles. The Morgan fingerprint density at radius 2 is 1.60 bits per heavy atom. The number of benzene rings is 3. The third-order valence-corrected chi connectivity index (χ3v) is 6.63. The van der Waals surface area contributed by atoms with E-state index in [1.807, 2.05) is 24.3 Å². The Bertz CT molecular complexity index is 1260. The van der Waals surface area contributed by atoms with Gasteiger partial charge in [-0.15, -0.1) is 0 Å². The molecule has 2 aliphatic rings. The molecule has 0 aliphatic heterocycles. The summed E-state index contributed by atoms with van der Waals surface area (Å²) in [7, 11) is 0. The first-order valence-corrected chi connectivity index (χ1v) is 10.4. The molecule has 5 rings (SSSR count). The monoisotopic (exact) mass is 387 g/mol. The molecule has 0 radical (unpaired) electrons. The van der Waals surface area contributed by atoms with E-state index in [1.165, 1.54) is 16.7 Å². The Morgan fingerprint density at radius 1 is 0.800 bits per heavy atom. The summed E-state index contributed by atoms with van der Waals surface area (Å²) in [5.41, 5.74) is 8.72. The van der Waals surface area contributed by atoms with Gasteiger partial charge in [-0.2, -0.15) is 15.5 Å². The summed E-state index contributed by atoms with van der Waals surface area (Å²) in [6, 6.07) is 25.0. The van der Waals surface area contributed by atoms with Gasteiger partial charge in [0.2, 0.25) is 6.19 Å². The fourth-order valence-electron chi connectivity index (χ4n) is 5.26. The van der Waals surface area contributed by atoms with Gasteiger partial charge in [0.05, 0.1) is 17.3 Å². The summed E-state index contributed by atoms with van der Waals surface area (Å²) in [4.78, 5) is 4.39. The van der Waals surface area contributed by atoms with Crippen molar-refractivity contribution >= 4 is 5.71 Å². The summed E-state index contributed by atoms with van der Waals surface area (Å²) in [6.07, 6.45) is 7.17. The summed E-state index contributed by atoms with van der Waals surface area (Å²) < 4.78 is 0. The Labute approximate surface area is 176 Å². The fourth-order valence-corrected chi connectivity index (χ4v) is 5.26. The second-order valence-corrected chi connectivity index (χ2v) is 8.38. The molecule has 0 saturated heterocycles. The lowest BCUT2D eigenvalue weighted by molar-refractivity contribution is 0.392. The molecule has 144 valence electrons. The highest BCUT2D eigenvalue weighted by atomic mass is 14.8. The van der Waals surface area contributed by atoms with E-state index in [4.69, 9.17) is 0 Å². The van der Waals surface area contributed by atoms with Crippen molar-refractivity contribution in [3.05, 3.63) is 94.5 Å². The predicted octanol–water partition coefficient (Wildman–Crippen LogP) is 5.62. The van der Waals surface area contributed by atoms with Gasteiger partial charge in [0.25, 0.3) is 0 Å². The zero-order valence-corrected chi connectivity index (χ0v) is 16.7. The van der Waals surface area contributed by atoms with Crippen molar-refractivity contribution in [3.63, 3.8) is 0 Å². The van der Waals surface area contributed by atoms with Gasteiger partial charge in [-0.1, -0.05) is 48.5 Å². The van der Waals surface area contributed by atoms with Crippen LogP contribution in [0.25, 0.3) is 11.1 Å². The smallest absolute Gasteiger partial charge is 0.192 e. The summed E-state index contributed by atoms with van der Waals surface area (Å²) in [5.74, 6) is 0. The molecule has 1 unspecified atom stereocenters. The first kappa shape index (κ1) is 18.3. The molecular weight excluding hydrogens is 366 g/mol. The molecular formula is C27H21N3. The molecule has 3 aromatic carbocycles. The molecule has 0 N–H and O–H groups in total. The molecule has 0 bridgehead atoms. The highest BCUT2D eigenvalue weighted by molar-refractivity contribution is 6.10. The summed E-state index contributed by atoms with van der Waals surface area (Å²) >= 11 is 0. The van der Waals surface area contributed by atoms with Crippen molar-refractivity contribution < 1.29 is 0 Å². The lowest BCUT2D eigenvalue weighted by Gasteiger charge is -2.28. The van der Waals surface area contributed by atoms with E-state index in [1.54, 1.807) is 0 Å². The fraction of sp³-hybridized carbons (Fsp3) is 0.222. The maximum Gasteiger partial charge on any atom is 0.205 e. The van der Waals surface area contributed by atoms with Crippen molar-refractivity contribution in [3.8, 4) is 23.4 Å². The lowest BCUT2D eigenvalue weighted by Crippen LogP contribution is -2.30. The van der Waals surface area contributed by atoms with Gasteiger partial charge in [0.1, 0.15) is 0 Å². The van der Waals surface area contributed by atoms with Gasteiger partial charge >= 0.3 is 0 Å². The molecule has 1 atom stereocenters. The van der Waals surface area contributed by atoms with Crippen molar-refractivity contribution in [1.82, 2.24) is 0 Å². The van der Waals surface area contributed by atoms with Gasteiger partial charge in [0.15, 0.2) is 0 Å². The van der Waals surface area contributed by atoms with Gasteiger partial charge in [-0.25, -0.2) is 0 Å². The van der Waals surface area contributed by atoms with Crippen molar-refractivity contribution in [2.75, 3.05) is 0 Å². The van der Waals surface area contributed by atoms with E-state index in [9.17, 15) is 10.5 Å². The van der Waals surface area contributed by atoms with E-state index >= 15 is 0 Å². The molecule has 30 heavy (non-hydrogen) atoms. The topological polar surface area (TPSA) is 59.9 Å². The molecule has 3 aromatic rings. The van der Waals surface area contributed by atoms with E-state index in [2.05, 4.69) is 59.7 Å². The van der Waals surface area contributed by atoms with E-state index in [0.717, 1.165) is 54.5 Å². The second-order valence-electron chi connectivity index (χ2n) is 8.38. The average Bonchev–Trinajstić information content (AvgIpc) is 2.94. The number of hydrogen-bond acceptors (Lipinski definition) is 3. The van der Waals surface area contributed by atoms with Crippen LogP contribution < -0.4 is 0 Å². The Kier molecular flexibility index (Phi) is 4.46. The van der Waals surface area contributed by atoms with Crippen molar-refractivity contribution in [2.45, 2.75) is 32.1 Å². The molecule has 0 fully saturated rings. The number of rotatable bonds is 1. The van der Waals surface area contributed by atoms with Gasteiger partial charge in [-0.05, 0) is 78.1 Å². The molecule has 0 amide bonds. The number of nitriles is 2. The Hall–Kier alpha value is -3.69. The first-order valence-electron chi connectivity index (χ1n) is 10.4. The quantitative estimate of drug-likeness (QED) is 0.509. The zero-order chi connectivity index (χ0) is 20.6. The molecule has 3 heteroatoms. The van der Waals surface area contributed by atoms with Crippen LogP contribution in [0.5, 0.6) is 0 Å². The van der Waals surface area contributed by atoms with Crippen LogP contribution in [-0.4, -0.2) is 5.71 Å². The van der Waals surface area contributed by atoms with Crippen LogP contribution >= 0.6 is 0 Å². The second kappa shape index (κ2) is 7.29. The highest BCUT2D eigenvalue weighted by Crippen LogP contribution is 2.46. The van der Waals surface area contributed by atoms with Crippen LogP contribution in [0.3, 0.4) is 0 Å². The third kappa shape index (κ3) is 3.00. The lowest BCUT2D eigenvalue weighted by atomic mass is 9.75. The largest absolute Gasteiger partial charge is 0.205 e. The predicted molar refractivity (Wildman–Crippen MR) is 118 cm³/mol. The Morgan fingerprint density at radius 3 is 2.43 bits per heavy atom. The van der Waals surface area contributed by atoms with Crippen molar-refractivity contribution in [2.24, 2.45) is 10.4 Å². The number of hydrogen-bond donors (Lipinski definition) is 0. The van der Waals surface area contributed by atoms with Crippen LogP contribution in [0.15, 0.2) is 71.7 Å². The number of aliphatic imine (C=N–C) groups is 1. The maximum absolute atomic E-state index is 9.51. The standard InChI is InChI=1S/C27H21N3/c28-17-19-5-3-8-21(13-19)22-10-11-24-16-27(26(30-18-29)25(24)14-22)12-4-9-20-6-1-2-7-23(20)15-27/h1-3,5-8,10-11,13-14H,4,9,12,15-16H2. The van der Waals surface area contributed by atoms with Crippen LogP contribution in [0.2, 0.25) is 0 Å². The summed E-state index contributed by atoms with van der Waals surface area (Å²) in [6.45, 7) is 0. The molecule has 0 heterocycles. The van der Waals surface area contributed by atoms with Gasteiger partial charge < -0.3 is 0 Å². The van der Waals surface area contributed by atoms with Crippen LogP contribution in [0, 0.1) is 28.2 Å². The minimum absolute atomic E-state index is 0.113. The minimum atomic E-state index is -0.113. The molecule has 3 nitrogen and oxygen atoms in total. The molecule has 1 spiro atoms. The maximum atomic E-state index is 9.51. The number of nitrogens with zero attached hydrogens (tertiary/aromatic N) is 3. The minimum Gasteiger partial charge on any atom is -0.192 e. The van der Waals surface area contributed by atoms with Crippen LogP contribution in [0.1, 0.15) is 40.7 Å². The highest BCUT2D eigenvalue weighted by Gasteiger charge is 2.44.